The van der Waals surface area contributed by atoms with Gasteiger partial charge < -0.3 is 19.7 Å². The zero-order valence-electron chi connectivity index (χ0n) is 17.9. The van der Waals surface area contributed by atoms with Crippen molar-refractivity contribution in [3.05, 3.63) is 29.8 Å². The third-order valence-corrected chi connectivity index (χ3v) is 5.09. The fraction of sp³-hybridized carbons (Fsp3) is 0.545. The number of hydrogen-bond donors (Lipinski definition) is 1. The first kappa shape index (κ1) is 25.5. The Balaban J connectivity index is 1.92. The summed E-state index contributed by atoms with van der Waals surface area (Å²) in [5, 5.41) is 2.93. The fourth-order valence-electron chi connectivity index (χ4n) is 3.39. The first-order valence-electron chi connectivity index (χ1n) is 10.6. The molecule has 1 N–H and O–H groups in total. The number of nitrogens with zero attached hydrogens (tertiary/aromatic N) is 1. The molecule has 32 heavy (non-hydrogen) atoms. The third-order valence-electron chi connectivity index (χ3n) is 5.09. The summed E-state index contributed by atoms with van der Waals surface area (Å²) in [6, 6.07) is 3.32. The maximum absolute atomic E-state index is 12.7. The van der Waals surface area contributed by atoms with E-state index in [4.69, 9.17) is 0 Å². The van der Waals surface area contributed by atoms with E-state index in [1.165, 1.54) is 24.3 Å². The molecule has 0 unspecified atom stereocenters. The first-order valence-corrected chi connectivity index (χ1v) is 10.6. The van der Waals surface area contributed by atoms with Crippen LogP contribution >= 0.6 is 0 Å². The number of hydrogen-bond acceptors (Lipinski definition) is 4. The van der Waals surface area contributed by atoms with Gasteiger partial charge in [-0.25, -0.2) is 0 Å². The summed E-state index contributed by atoms with van der Waals surface area (Å²) in [4.78, 5) is 26.2. The summed E-state index contributed by atoms with van der Waals surface area (Å²) in [7, 11) is 0. The highest BCUT2D eigenvalue weighted by molar-refractivity contribution is 5.92. The second-order valence-electron chi connectivity index (χ2n) is 7.39. The molecule has 1 aromatic carbocycles. The molecule has 10 heteroatoms. The van der Waals surface area contributed by atoms with E-state index in [-0.39, 0.29) is 34.8 Å². The van der Waals surface area contributed by atoms with E-state index in [2.05, 4.69) is 21.7 Å². The number of ether oxygens (including phenoxy) is 2. The number of halogens is 4. The Hall–Kier alpha value is -2.78. The number of alkyl halides is 4. The van der Waals surface area contributed by atoms with Gasteiger partial charge in [-0.2, -0.15) is 17.6 Å². The number of unbranched alkanes of at least 4 members (excludes halogenated alkanes) is 2. The maximum atomic E-state index is 12.7. The van der Waals surface area contributed by atoms with Crippen LogP contribution in [-0.2, 0) is 9.59 Å². The third kappa shape index (κ3) is 8.39. The Morgan fingerprint density at radius 2 is 1.81 bits per heavy atom. The monoisotopic (exact) mass is 460 g/mol. The Bertz CT molecular complexity index is 781. The van der Waals surface area contributed by atoms with E-state index in [0.29, 0.717) is 32.5 Å². The Kier molecular flexibility index (Phi) is 10.3. The molecule has 1 aliphatic heterocycles. The van der Waals surface area contributed by atoms with Gasteiger partial charge in [0.25, 0.3) is 0 Å². The number of carbonyl (C=O) groups excluding carboxylic acids is 2. The van der Waals surface area contributed by atoms with Crippen LogP contribution in [0.5, 0.6) is 11.5 Å². The van der Waals surface area contributed by atoms with Gasteiger partial charge in [0.1, 0.15) is 11.5 Å². The van der Waals surface area contributed by atoms with Gasteiger partial charge in [0.05, 0.1) is 0 Å². The smallest absolute Gasteiger partial charge is 0.387 e. The normalized spacial score (nSPS) is 14.9. The van der Waals surface area contributed by atoms with Crippen LogP contribution in [0.2, 0.25) is 0 Å². The van der Waals surface area contributed by atoms with E-state index in [1.807, 2.05) is 0 Å². The van der Waals surface area contributed by atoms with Crippen molar-refractivity contribution in [3.8, 4) is 11.5 Å². The van der Waals surface area contributed by atoms with Gasteiger partial charge in [0.15, 0.2) is 0 Å². The average molecular weight is 460 g/mol. The molecule has 1 heterocycles. The number of piperidine rings is 1. The van der Waals surface area contributed by atoms with Gasteiger partial charge in [0.2, 0.25) is 11.8 Å². The molecule has 0 aromatic heterocycles. The van der Waals surface area contributed by atoms with Gasteiger partial charge >= 0.3 is 13.2 Å². The molecular formula is C22H28F4N2O4. The van der Waals surface area contributed by atoms with Crippen molar-refractivity contribution in [2.75, 3.05) is 19.6 Å². The lowest BCUT2D eigenvalue weighted by molar-refractivity contribution is -0.132. The molecule has 0 aliphatic carbocycles. The Labute approximate surface area is 184 Å². The largest absolute Gasteiger partial charge is 0.435 e. The zero-order chi connectivity index (χ0) is 23.5. The molecule has 0 bridgehead atoms. The molecule has 1 fully saturated rings. The topological polar surface area (TPSA) is 67.9 Å². The van der Waals surface area contributed by atoms with Crippen molar-refractivity contribution in [2.45, 2.75) is 52.3 Å². The molecule has 0 saturated carbocycles. The molecule has 178 valence electrons. The van der Waals surface area contributed by atoms with Crippen LogP contribution < -0.4 is 14.8 Å². The molecule has 1 aromatic rings. The molecule has 0 radical (unpaired) electrons. The van der Waals surface area contributed by atoms with E-state index >= 15 is 0 Å². The first-order chi connectivity index (χ1) is 15.3. The van der Waals surface area contributed by atoms with E-state index in [9.17, 15) is 27.2 Å². The van der Waals surface area contributed by atoms with E-state index in [0.717, 1.165) is 25.3 Å². The van der Waals surface area contributed by atoms with Crippen LogP contribution in [-0.4, -0.2) is 49.6 Å². The molecule has 1 saturated heterocycles. The van der Waals surface area contributed by atoms with Crippen LogP contribution in [0.4, 0.5) is 17.6 Å². The number of carbonyl (C=O) groups is 2. The minimum Gasteiger partial charge on any atom is -0.435 e. The summed E-state index contributed by atoms with van der Waals surface area (Å²) in [5.41, 5.74) is 0.113. The quantitative estimate of drug-likeness (QED) is 0.301. The lowest BCUT2D eigenvalue weighted by atomic mass is 9.95. The predicted molar refractivity (Wildman–Crippen MR) is 111 cm³/mol. The number of likely N-dealkylation sites (tertiary alicyclic amines) is 1. The highest BCUT2D eigenvalue weighted by atomic mass is 19.3. The summed E-state index contributed by atoms with van der Waals surface area (Å²) < 4.78 is 58.5. The maximum Gasteiger partial charge on any atom is 0.387 e. The average Bonchev–Trinajstić information content (AvgIpc) is 2.75. The van der Waals surface area contributed by atoms with E-state index < -0.39 is 13.2 Å². The van der Waals surface area contributed by atoms with Crippen molar-refractivity contribution < 1.29 is 36.6 Å². The standard InChI is InChI=1S/C22H28F4N2O4/c1-2-3-4-11-27-20(30)16-9-12-28(13-10-16)19(29)8-6-15-5-7-17(31-21(23)24)14-18(15)32-22(25)26/h5-8,14,16,21-22H,2-4,9-13H2,1H3,(H,27,30). The second kappa shape index (κ2) is 12.9. The minimum absolute atomic E-state index is 0.00337. The van der Waals surface area contributed by atoms with Crippen LogP contribution in [0.25, 0.3) is 6.08 Å². The second-order valence-corrected chi connectivity index (χ2v) is 7.39. The lowest BCUT2D eigenvalue weighted by Gasteiger charge is -2.30. The molecule has 2 amide bonds. The summed E-state index contributed by atoms with van der Waals surface area (Å²) in [6.07, 6.45) is 6.64. The van der Waals surface area contributed by atoms with Crippen molar-refractivity contribution in [1.82, 2.24) is 10.2 Å². The van der Waals surface area contributed by atoms with Crippen LogP contribution in [0.15, 0.2) is 24.3 Å². The SMILES string of the molecule is CCCCCNC(=O)C1CCN(C(=O)C=Cc2ccc(OC(F)F)cc2OC(F)F)CC1. The van der Waals surface area contributed by atoms with Crippen LogP contribution in [0, 0.1) is 5.92 Å². The van der Waals surface area contributed by atoms with Gasteiger partial charge in [-0.15, -0.1) is 0 Å². The molecule has 2 rings (SSSR count). The number of nitrogens with one attached hydrogen (secondary N) is 1. The van der Waals surface area contributed by atoms with E-state index in [1.54, 1.807) is 4.90 Å². The summed E-state index contributed by atoms with van der Waals surface area (Å²) >= 11 is 0. The number of benzene rings is 1. The van der Waals surface area contributed by atoms with Gasteiger partial charge in [-0.05, 0) is 37.5 Å². The van der Waals surface area contributed by atoms with Crippen molar-refractivity contribution in [1.29, 1.82) is 0 Å². The van der Waals surface area contributed by atoms with Crippen molar-refractivity contribution >= 4 is 17.9 Å². The molecule has 6 nitrogen and oxygen atoms in total. The molecule has 1 aliphatic rings. The van der Waals surface area contributed by atoms with Crippen molar-refractivity contribution in [3.63, 3.8) is 0 Å². The predicted octanol–water partition coefficient (Wildman–Crippen LogP) is 4.45. The lowest BCUT2D eigenvalue weighted by Crippen LogP contribution is -2.42. The summed E-state index contributed by atoms with van der Waals surface area (Å²) in [5.74, 6) is -1.21. The molecular weight excluding hydrogens is 432 g/mol. The summed E-state index contributed by atoms with van der Waals surface area (Å²) in [6.45, 7) is -2.74. The van der Waals surface area contributed by atoms with Gasteiger partial charge in [0, 0.05) is 43.3 Å². The minimum atomic E-state index is -3.17. The fourth-order valence-corrected chi connectivity index (χ4v) is 3.39. The Morgan fingerprint density at radius 3 is 2.44 bits per heavy atom. The zero-order valence-corrected chi connectivity index (χ0v) is 17.9. The van der Waals surface area contributed by atoms with Gasteiger partial charge in [-0.3, -0.25) is 9.59 Å². The number of amides is 2. The van der Waals surface area contributed by atoms with Crippen LogP contribution in [0.3, 0.4) is 0 Å². The van der Waals surface area contributed by atoms with Gasteiger partial charge in [-0.1, -0.05) is 19.8 Å². The highest BCUT2D eigenvalue weighted by Gasteiger charge is 2.26. The molecule has 0 atom stereocenters. The number of rotatable bonds is 11. The van der Waals surface area contributed by atoms with Crippen LogP contribution in [0.1, 0.15) is 44.6 Å². The molecule has 0 spiro atoms. The van der Waals surface area contributed by atoms with Crippen molar-refractivity contribution in [2.24, 2.45) is 5.92 Å². The highest BCUT2D eigenvalue weighted by Crippen LogP contribution is 2.28. The Morgan fingerprint density at radius 1 is 1.12 bits per heavy atom.